The molecule has 1 unspecified atom stereocenters. The average molecular weight is 498 g/mol. The van der Waals surface area contributed by atoms with Crippen molar-refractivity contribution in [3.8, 4) is 11.8 Å². The standard InChI is InChI=1S/C26H31N3O5S/c1-33-23-5-2-4-21(16-23)18-28(19-24-6-3-15-34-24)26(30)22-11-13-29(14-12-22)35(31,32)25-9-7-20(17-27)8-10-25/h2,4-5,7-10,16,22,24H,3,6,11-15,18-19H2,1H3. The number of carbonyl (C=O) groups excluding carboxylic acids is 1. The Morgan fingerprint density at radius 2 is 1.91 bits per heavy atom. The second kappa shape index (κ2) is 11.2. The summed E-state index contributed by atoms with van der Waals surface area (Å²) in [4.78, 5) is 15.6. The van der Waals surface area contributed by atoms with Gasteiger partial charge in [-0.15, -0.1) is 0 Å². The Hall–Kier alpha value is -2.93. The van der Waals surface area contributed by atoms with Crippen molar-refractivity contribution in [2.75, 3.05) is 33.4 Å². The largest absolute Gasteiger partial charge is 0.497 e. The number of nitrogens with zero attached hydrogens (tertiary/aromatic N) is 3. The summed E-state index contributed by atoms with van der Waals surface area (Å²) >= 11 is 0. The highest BCUT2D eigenvalue weighted by Crippen LogP contribution is 2.27. The lowest BCUT2D eigenvalue weighted by molar-refractivity contribution is -0.139. The van der Waals surface area contributed by atoms with E-state index < -0.39 is 10.0 Å². The van der Waals surface area contributed by atoms with Crippen LogP contribution in [0.3, 0.4) is 0 Å². The number of piperidine rings is 1. The predicted molar refractivity (Wildman–Crippen MR) is 130 cm³/mol. The Bertz CT molecular complexity index is 1160. The summed E-state index contributed by atoms with van der Waals surface area (Å²) in [6.45, 7) is 2.27. The fourth-order valence-corrected chi connectivity index (χ4v) is 6.18. The minimum Gasteiger partial charge on any atom is -0.497 e. The van der Waals surface area contributed by atoms with Crippen molar-refractivity contribution in [3.63, 3.8) is 0 Å². The van der Waals surface area contributed by atoms with E-state index in [1.807, 2.05) is 35.2 Å². The maximum atomic E-state index is 13.6. The van der Waals surface area contributed by atoms with Crippen LogP contribution in [0.15, 0.2) is 53.4 Å². The van der Waals surface area contributed by atoms with E-state index >= 15 is 0 Å². The minimum atomic E-state index is -3.67. The van der Waals surface area contributed by atoms with Gasteiger partial charge in [-0.3, -0.25) is 4.79 Å². The number of sulfonamides is 1. The maximum absolute atomic E-state index is 13.6. The van der Waals surface area contributed by atoms with Crippen molar-refractivity contribution in [1.29, 1.82) is 5.26 Å². The summed E-state index contributed by atoms with van der Waals surface area (Å²) in [5.74, 6) is 0.543. The number of methoxy groups -OCH3 is 1. The van der Waals surface area contributed by atoms with Gasteiger partial charge in [0.1, 0.15) is 5.75 Å². The molecule has 0 aromatic heterocycles. The van der Waals surface area contributed by atoms with E-state index in [1.165, 1.54) is 28.6 Å². The van der Waals surface area contributed by atoms with Crippen molar-refractivity contribution in [3.05, 3.63) is 59.7 Å². The maximum Gasteiger partial charge on any atom is 0.243 e. The molecule has 2 aromatic carbocycles. The lowest BCUT2D eigenvalue weighted by Crippen LogP contribution is -2.45. The first-order valence-electron chi connectivity index (χ1n) is 11.9. The Morgan fingerprint density at radius 1 is 1.17 bits per heavy atom. The summed E-state index contributed by atoms with van der Waals surface area (Å²) in [6.07, 6.45) is 2.89. The average Bonchev–Trinajstić information content (AvgIpc) is 3.41. The van der Waals surface area contributed by atoms with Crippen LogP contribution in [-0.4, -0.2) is 63.0 Å². The molecule has 1 amide bonds. The molecule has 35 heavy (non-hydrogen) atoms. The van der Waals surface area contributed by atoms with E-state index in [2.05, 4.69) is 0 Å². The Kier molecular flexibility index (Phi) is 8.06. The number of hydrogen-bond donors (Lipinski definition) is 0. The quantitative estimate of drug-likeness (QED) is 0.555. The molecule has 4 rings (SSSR count). The van der Waals surface area contributed by atoms with Crippen molar-refractivity contribution in [1.82, 2.24) is 9.21 Å². The predicted octanol–water partition coefficient (Wildman–Crippen LogP) is 3.18. The zero-order valence-corrected chi connectivity index (χ0v) is 20.7. The normalized spacial score (nSPS) is 19.3. The van der Waals surface area contributed by atoms with Crippen LogP contribution in [-0.2, 0) is 26.1 Å². The number of carbonyl (C=O) groups is 1. The molecule has 0 spiro atoms. The highest BCUT2D eigenvalue weighted by Gasteiger charge is 2.35. The molecular formula is C26H31N3O5S. The molecule has 2 aromatic rings. The van der Waals surface area contributed by atoms with E-state index in [4.69, 9.17) is 14.7 Å². The van der Waals surface area contributed by atoms with E-state index in [0.29, 0.717) is 31.5 Å². The summed E-state index contributed by atoms with van der Waals surface area (Å²) in [5, 5.41) is 8.95. The lowest BCUT2D eigenvalue weighted by atomic mass is 9.96. The molecule has 2 fully saturated rings. The number of hydrogen-bond acceptors (Lipinski definition) is 6. The molecule has 0 N–H and O–H groups in total. The van der Waals surface area contributed by atoms with Gasteiger partial charge in [0.15, 0.2) is 0 Å². The second-order valence-electron chi connectivity index (χ2n) is 9.02. The van der Waals surface area contributed by atoms with Crippen LogP contribution in [0, 0.1) is 17.2 Å². The molecule has 0 aliphatic carbocycles. The van der Waals surface area contributed by atoms with Crippen molar-refractivity contribution < 1.29 is 22.7 Å². The molecule has 0 radical (unpaired) electrons. The zero-order valence-electron chi connectivity index (χ0n) is 19.9. The van der Waals surface area contributed by atoms with Gasteiger partial charge in [0.05, 0.1) is 29.7 Å². The van der Waals surface area contributed by atoms with Gasteiger partial charge in [-0.25, -0.2) is 8.42 Å². The van der Waals surface area contributed by atoms with Crippen LogP contribution >= 0.6 is 0 Å². The summed E-state index contributed by atoms with van der Waals surface area (Å²) in [6, 6.07) is 15.6. The monoisotopic (exact) mass is 497 g/mol. The van der Waals surface area contributed by atoms with Gasteiger partial charge in [-0.2, -0.15) is 9.57 Å². The van der Waals surface area contributed by atoms with Gasteiger partial charge in [0.25, 0.3) is 0 Å². The smallest absolute Gasteiger partial charge is 0.243 e. The number of amides is 1. The highest BCUT2D eigenvalue weighted by atomic mass is 32.2. The first-order chi connectivity index (χ1) is 16.9. The number of nitriles is 1. The van der Waals surface area contributed by atoms with Crippen LogP contribution < -0.4 is 4.74 Å². The van der Waals surface area contributed by atoms with Gasteiger partial charge >= 0.3 is 0 Å². The third-order valence-corrected chi connectivity index (χ3v) is 8.60. The molecule has 9 heteroatoms. The zero-order chi connectivity index (χ0) is 24.8. The van der Waals surface area contributed by atoms with Gasteiger partial charge < -0.3 is 14.4 Å². The Balaban J connectivity index is 1.43. The Labute approximate surface area is 207 Å². The molecule has 0 bridgehead atoms. The van der Waals surface area contributed by atoms with Gasteiger partial charge in [0.2, 0.25) is 15.9 Å². The molecular weight excluding hydrogens is 466 g/mol. The van der Waals surface area contributed by atoms with E-state index in [1.54, 1.807) is 7.11 Å². The first-order valence-corrected chi connectivity index (χ1v) is 13.4. The number of benzene rings is 2. The van der Waals surface area contributed by atoms with Crippen LogP contribution in [0.4, 0.5) is 0 Å². The number of rotatable bonds is 8. The molecule has 8 nitrogen and oxygen atoms in total. The third-order valence-electron chi connectivity index (χ3n) is 6.69. The summed E-state index contributed by atoms with van der Waals surface area (Å²) < 4.78 is 38.7. The minimum absolute atomic E-state index is 0.0291. The van der Waals surface area contributed by atoms with Crippen molar-refractivity contribution in [2.45, 2.75) is 43.2 Å². The topological polar surface area (TPSA) is 99.9 Å². The fourth-order valence-electron chi connectivity index (χ4n) is 4.71. The molecule has 2 aliphatic rings. The highest BCUT2D eigenvalue weighted by molar-refractivity contribution is 7.89. The van der Waals surface area contributed by atoms with Crippen molar-refractivity contribution in [2.24, 2.45) is 5.92 Å². The van der Waals surface area contributed by atoms with E-state index in [-0.39, 0.29) is 35.9 Å². The molecule has 2 heterocycles. The molecule has 186 valence electrons. The summed E-state index contributed by atoms with van der Waals surface area (Å²) in [7, 11) is -2.05. The Morgan fingerprint density at radius 3 is 2.54 bits per heavy atom. The van der Waals surface area contributed by atoms with E-state index in [9.17, 15) is 13.2 Å². The van der Waals surface area contributed by atoms with E-state index in [0.717, 1.165) is 30.8 Å². The molecule has 0 saturated carbocycles. The lowest BCUT2D eigenvalue weighted by Gasteiger charge is -2.34. The SMILES string of the molecule is COc1cccc(CN(CC2CCCO2)C(=O)C2CCN(S(=O)(=O)c3ccc(C#N)cc3)CC2)c1. The molecule has 2 saturated heterocycles. The van der Waals surface area contributed by atoms with Crippen LogP contribution in [0.5, 0.6) is 5.75 Å². The first kappa shape index (κ1) is 25.2. The van der Waals surface area contributed by atoms with Gasteiger partial charge in [-0.05, 0) is 67.6 Å². The van der Waals surface area contributed by atoms with Gasteiger partial charge in [0, 0.05) is 38.7 Å². The van der Waals surface area contributed by atoms with Gasteiger partial charge in [-0.1, -0.05) is 12.1 Å². The van der Waals surface area contributed by atoms with Crippen molar-refractivity contribution >= 4 is 15.9 Å². The number of ether oxygens (including phenoxy) is 2. The summed E-state index contributed by atoms with van der Waals surface area (Å²) in [5.41, 5.74) is 1.40. The third kappa shape index (κ3) is 6.01. The van der Waals surface area contributed by atoms with Crippen LogP contribution in [0.25, 0.3) is 0 Å². The fraction of sp³-hybridized carbons (Fsp3) is 0.462. The molecule has 1 atom stereocenters. The molecule has 2 aliphatic heterocycles. The van der Waals surface area contributed by atoms with Crippen LogP contribution in [0.2, 0.25) is 0 Å². The second-order valence-corrected chi connectivity index (χ2v) is 11.0. The van der Waals surface area contributed by atoms with Crippen LogP contribution in [0.1, 0.15) is 36.8 Å².